The summed E-state index contributed by atoms with van der Waals surface area (Å²) in [6.07, 6.45) is 0. The Hall–Kier alpha value is -3.40. The molecule has 0 unspecified atom stereocenters. The molecule has 27 heavy (non-hydrogen) atoms. The highest BCUT2D eigenvalue weighted by molar-refractivity contribution is 6.08. The number of phenolic OH excluding ortho intramolecular Hbond substituents is 1. The summed E-state index contributed by atoms with van der Waals surface area (Å²) in [7, 11) is 0. The molecule has 2 aromatic rings. The van der Waals surface area contributed by atoms with Gasteiger partial charge in [-0.1, -0.05) is 0 Å². The summed E-state index contributed by atoms with van der Waals surface area (Å²) >= 11 is 0. The van der Waals surface area contributed by atoms with Gasteiger partial charge < -0.3 is 25.8 Å². The van der Waals surface area contributed by atoms with Gasteiger partial charge in [0.05, 0.1) is 29.4 Å². The van der Waals surface area contributed by atoms with E-state index in [9.17, 15) is 24.4 Å². The quantitative estimate of drug-likeness (QED) is 0.423. The van der Waals surface area contributed by atoms with Crippen molar-refractivity contribution >= 4 is 28.7 Å². The maximum atomic E-state index is 14.4. The zero-order valence-corrected chi connectivity index (χ0v) is 14.1. The van der Waals surface area contributed by atoms with Gasteiger partial charge in [-0.15, -0.1) is 0 Å². The van der Waals surface area contributed by atoms with Crippen LogP contribution in [0.3, 0.4) is 0 Å². The van der Waals surface area contributed by atoms with Crippen molar-refractivity contribution in [1.29, 1.82) is 0 Å². The van der Waals surface area contributed by atoms with Gasteiger partial charge in [0.2, 0.25) is 0 Å². The van der Waals surface area contributed by atoms with Crippen LogP contribution in [0.4, 0.5) is 27.1 Å². The second kappa shape index (κ2) is 7.46. The first kappa shape index (κ1) is 18.4. The van der Waals surface area contributed by atoms with Crippen LogP contribution in [0.15, 0.2) is 30.3 Å². The van der Waals surface area contributed by atoms with E-state index in [2.05, 4.69) is 5.32 Å². The first-order valence-electron chi connectivity index (χ1n) is 8.07. The Balaban J connectivity index is 1.81. The van der Waals surface area contributed by atoms with Gasteiger partial charge in [-0.25, -0.2) is 4.39 Å². The second-order valence-corrected chi connectivity index (χ2v) is 5.91. The third kappa shape index (κ3) is 3.90. The molecule has 1 saturated heterocycles. The van der Waals surface area contributed by atoms with Crippen LogP contribution in [-0.2, 0) is 4.74 Å². The SMILES string of the molecule is Nc1cc(O)c([N+](=O)[O-])cc1C(=O)Nc1ccc(N2CCOCC2)c(F)c1. The van der Waals surface area contributed by atoms with Crippen molar-refractivity contribution in [2.75, 3.05) is 42.3 Å². The Kier molecular flexibility index (Phi) is 5.08. The van der Waals surface area contributed by atoms with Crippen molar-refractivity contribution in [3.05, 3.63) is 51.8 Å². The minimum absolute atomic E-state index is 0.138. The Morgan fingerprint density at radius 3 is 2.63 bits per heavy atom. The fourth-order valence-corrected chi connectivity index (χ4v) is 2.78. The molecule has 0 aromatic heterocycles. The Bertz CT molecular complexity index is 899. The van der Waals surface area contributed by atoms with E-state index in [-0.39, 0.29) is 16.9 Å². The molecular formula is C17H17FN4O5. The highest BCUT2D eigenvalue weighted by Gasteiger charge is 2.21. The van der Waals surface area contributed by atoms with E-state index in [0.29, 0.717) is 32.0 Å². The average Bonchev–Trinajstić information content (AvgIpc) is 2.62. The zero-order valence-electron chi connectivity index (χ0n) is 14.1. The number of nitrogens with zero attached hydrogens (tertiary/aromatic N) is 2. The largest absolute Gasteiger partial charge is 0.502 e. The molecule has 9 nitrogen and oxygen atoms in total. The molecule has 0 aliphatic carbocycles. The molecule has 0 saturated carbocycles. The predicted molar refractivity (Wildman–Crippen MR) is 96.6 cm³/mol. The molecule has 4 N–H and O–H groups in total. The smallest absolute Gasteiger partial charge is 0.311 e. The first-order chi connectivity index (χ1) is 12.9. The van der Waals surface area contributed by atoms with E-state index < -0.39 is 28.1 Å². The molecule has 142 valence electrons. The fourth-order valence-electron chi connectivity index (χ4n) is 2.78. The summed E-state index contributed by atoms with van der Waals surface area (Å²) in [6.45, 7) is 2.15. The van der Waals surface area contributed by atoms with Gasteiger partial charge >= 0.3 is 5.69 Å². The monoisotopic (exact) mass is 376 g/mol. The first-order valence-corrected chi connectivity index (χ1v) is 8.07. The number of nitro benzene ring substituents is 1. The number of rotatable bonds is 4. The normalized spacial score (nSPS) is 14.0. The summed E-state index contributed by atoms with van der Waals surface area (Å²) in [5, 5.41) is 22.9. The molecule has 0 spiro atoms. The van der Waals surface area contributed by atoms with Gasteiger partial charge in [-0.2, -0.15) is 0 Å². The summed E-state index contributed by atoms with van der Waals surface area (Å²) in [5.41, 5.74) is 5.25. The third-order valence-corrected chi connectivity index (χ3v) is 4.15. The second-order valence-electron chi connectivity index (χ2n) is 5.91. The van der Waals surface area contributed by atoms with Crippen LogP contribution in [0.2, 0.25) is 0 Å². The van der Waals surface area contributed by atoms with Crippen LogP contribution in [0, 0.1) is 15.9 Å². The number of nitrogens with two attached hydrogens (primary N) is 1. The molecule has 10 heteroatoms. The molecule has 0 bridgehead atoms. The van der Waals surface area contributed by atoms with Gasteiger partial charge in [0.25, 0.3) is 5.91 Å². The highest BCUT2D eigenvalue weighted by Crippen LogP contribution is 2.31. The van der Waals surface area contributed by atoms with Gasteiger partial charge in [0, 0.05) is 36.6 Å². The summed E-state index contributed by atoms with van der Waals surface area (Å²) in [4.78, 5) is 24.3. The summed E-state index contributed by atoms with van der Waals surface area (Å²) in [5.74, 6) is -1.91. The Labute approximate surface area is 153 Å². The number of anilines is 3. The molecule has 1 aliphatic rings. The number of ether oxygens (including phenoxy) is 1. The minimum Gasteiger partial charge on any atom is -0.502 e. The van der Waals surface area contributed by atoms with E-state index in [0.717, 1.165) is 18.2 Å². The van der Waals surface area contributed by atoms with E-state index in [1.165, 1.54) is 6.07 Å². The van der Waals surface area contributed by atoms with Crippen molar-refractivity contribution in [1.82, 2.24) is 0 Å². The number of amides is 1. The number of halogens is 1. The lowest BCUT2D eigenvalue weighted by atomic mass is 10.1. The molecule has 1 amide bonds. The van der Waals surface area contributed by atoms with Crippen molar-refractivity contribution < 1.29 is 24.0 Å². The number of aromatic hydroxyl groups is 1. The lowest BCUT2D eigenvalue weighted by Crippen LogP contribution is -2.36. The summed E-state index contributed by atoms with van der Waals surface area (Å²) < 4.78 is 19.6. The number of benzene rings is 2. The molecule has 3 rings (SSSR count). The number of carbonyl (C=O) groups excluding carboxylic acids is 1. The average molecular weight is 376 g/mol. The predicted octanol–water partition coefficient (Wildman–Crippen LogP) is 2.11. The van der Waals surface area contributed by atoms with Crippen LogP contribution in [0.25, 0.3) is 0 Å². The van der Waals surface area contributed by atoms with E-state index >= 15 is 0 Å². The maximum Gasteiger partial charge on any atom is 0.311 e. The number of nitrogen functional groups attached to an aromatic ring is 1. The summed E-state index contributed by atoms with van der Waals surface area (Å²) in [6, 6.07) is 6.02. The maximum absolute atomic E-state index is 14.4. The van der Waals surface area contributed by atoms with Gasteiger partial charge in [-0.3, -0.25) is 14.9 Å². The molecule has 1 heterocycles. The highest BCUT2D eigenvalue weighted by atomic mass is 19.1. The Morgan fingerprint density at radius 2 is 2.00 bits per heavy atom. The van der Waals surface area contributed by atoms with Crippen molar-refractivity contribution in [3.63, 3.8) is 0 Å². The van der Waals surface area contributed by atoms with Crippen LogP contribution >= 0.6 is 0 Å². The van der Waals surface area contributed by atoms with Crippen LogP contribution < -0.4 is 16.0 Å². The number of hydrogen-bond donors (Lipinski definition) is 3. The zero-order chi connectivity index (χ0) is 19.6. The van der Waals surface area contributed by atoms with E-state index in [1.54, 1.807) is 6.07 Å². The van der Waals surface area contributed by atoms with Crippen molar-refractivity contribution in [2.24, 2.45) is 0 Å². The molecule has 0 atom stereocenters. The number of hydrogen-bond acceptors (Lipinski definition) is 7. The topological polar surface area (TPSA) is 131 Å². The number of carbonyl (C=O) groups is 1. The van der Waals surface area contributed by atoms with Crippen LogP contribution in [-0.4, -0.2) is 42.2 Å². The molecule has 2 aromatic carbocycles. The number of morpholine rings is 1. The number of phenols is 1. The molecule has 1 fully saturated rings. The third-order valence-electron chi connectivity index (χ3n) is 4.15. The van der Waals surface area contributed by atoms with Crippen LogP contribution in [0.5, 0.6) is 5.75 Å². The molecule has 1 aliphatic heterocycles. The fraction of sp³-hybridized carbons (Fsp3) is 0.235. The van der Waals surface area contributed by atoms with E-state index in [4.69, 9.17) is 10.5 Å². The number of nitrogens with one attached hydrogen (secondary N) is 1. The van der Waals surface area contributed by atoms with Crippen molar-refractivity contribution in [2.45, 2.75) is 0 Å². The number of nitro groups is 1. The van der Waals surface area contributed by atoms with Gasteiger partial charge in [-0.05, 0) is 18.2 Å². The van der Waals surface area contributed by atoms with Gasteiger partial charge in [0.15, 0.2) is 5.75 Å². The Morgan fingerprint density at radius 1 is 1.30 bits per heavy atom. The molecule has 0 radical (unpaired) electrons. The minimum atomic E-state index is -0.831. The van der Waals surface area contributed by atoms with E-state index in [1.807, 2.05) is 4.90 Å². The van der Waals surface area contributed by atoms with Gasteiger partial charge in [0.1, 0.15) is 5.82 Å². The van der Waals surface area contributed by atoms with Crippen molar-refractivity contribution in [3.8, 4) is 5.75 Å². The standard InChI is InChI=1S/C17H17FN4O5/c18-12-7-10(1-2-14(12)21-3-5-27-6-4-21)20-17(24)11-8-15(22(25)26)16(23)9-13(11)19/h1-2,7-9,23H,3-6,19H2,(H,20,24). The van der Waals surface area contributed by atoms with Crippen LogP contribution in [0.1, 0.15) is 10.4 Å². The lowest BCUT2D eigenvalue weighted by molar-refractivity contribution is -0.385. The molecular weight excluding hydrogens is 359 g/mol. The lowest BCUT2D eigenvalue weighted by Gasteiger charge is -2.29.